The van der Waals surface area contributed by atoms with Crippen molar-refractivity contribution in [1.29, 1.82) is 0 Å². The topological polar surface area (TPSA) is 128 Å². The molecular formula is C7H7N3O5. The largest absolute Gasteiger partial charge is 0.463 e. The van der Waals surface area contributed by atoms with Crippen LogP contribution in [0, 0.1) is 10.1 Å². The second kappa shape index (κ2) is 3.78. The van der Waals surface area contributed by atoms with E-state index in [2.05, 4.69) is 9.72 Å². The van der Waals surface area contributed by atoms with Gasteiger partial charge in [-0.25, -0.2) is 9.78 Å². The van der Waals surface area contributed by atoms with Crippen LogP contribution in [-0.4, -0.2) is 28.9 Å². The second-order valence-electron chi connectivity index (χ2n) is 2.56. The standard InChI is InChI=1S/C7H7N3O5/c1-15-7(12)4-2-3(5(8)11)6(9-4)10(13)14/h2,9H,1H3,(H2,8,11). The van der Waals surface area contributed by atoms with Gasteiger partial charge in [-0.1, -0.05) is 0 Å². The number of rotatable bonds is 3. The number of H-pyrrole nitrogens is 1. The van der Waals surface area contributed by atoms with Crippen molar-refractivity contribution in [2.45, 2.75) is 0 Å². The maximum Gasteiger partial charge on any atom is 0.378 e. The zero-order chi connectivity index (χ0) is 11.6. The zero-order valence-corrected chi connectivity index (χ0v) is 7.64. The summed E-state index contributed by atoms with van der Waals surface area (Å²) in [7, 11) is 1.11. The number of nitrogens with zero attached hydrogens (tertiary/aromatic N) is 1. The molecule has 0 atom stereocenters. The molecule has 0 fully saturated rings. The number of hydrogen-bond donors (Lipinski definition) is 2. The molecule has 8 heteroatoms. The highest BCUT2D eigenvalue weighted by Gasteiger charge is 2.25. The van der Waals surface area contributed by atoms with Crippen LogP contribution in [0.2, 0.25) is 0 Å². The molecule has 0 saturated carbocycles. The van der Waals surface area contributed by atoms with Crippen molar-refractivity contribution in [3.8, 4) is 0 Å². The fourth-order valence-electron chi connectivity index (χ4n) is 0.995. The van der Waals surface area contributed by atoms with E-state index in [1.165, 1.54) is 0 Å². The number of carbonyl (C=O) groups excluding carboxylic acids is 2. The summed E-state index contributed by atoms with van der Waals surface area (Å²) in [5.74, 6) is -2.43. The molecular weight excluding hydrogens is 206 g/mol. The van der Waals surface area contributed by atoms with Crippen LogP contribution in [0.5, 0.6) is 0 Å². The van der Waals surface area contributed by atoms with Crippen LogP contribution >= 0.6 is 0 Å². The molecule has 1 rings (SSSR count). The highest BCUT2D eigenvalue weighted by molar-refractivity contribution is 6.00. The van der Waals surface area contributed by atoms with Gasteiger partial charge in [0.15, 0.2) is 0 Å². The molecule has 0 aliphatic rings. The molecule has 1 aromatic rings. The maximum atomic E-state index is 11.0. The molecule has 3 N–H and O–H groups in total. The van der Waals surface area contributed by atoms with E-state index in [1.54, 1.807) is 0 Å². The van der Waals surface area contributed by atoms with Crippen LogP contribution in [0.15, 0.2) is 6.07 Å². The Kier molecular flexibility index (Phi) is 2.70. The summed E-state index contributed by atoms with van der Waals surface area (Å²) in [4.78, 5) is 33.6. The number of esters is 1. The summed E-state index contributed by atoms with van der Waals surface area (Å²) in [6.45, 7) is 0. The van der Waals surface area contributed by atoms with Gasteiger partial charge in [0.2, 0.25) is 5.69 Å². The predicted molar refractivity (Wildman–Crippen MR) is 47.3 cm³/mol. The number of hydrogen-bond acceptors (Lipinski definition) is 5. The van der Waals surface area contributed by atoms with Gasteiger partial charge in [-0.05, 0) is 4.92 Å². The molecule has 1 heterocycles. The summed E-state index contributed by atoms with van der Waals surface area (Å²) in [5, 5.41) is 10.5. The van der Waals surface area contributed by atoms with Crippen LogP contribution < -0.4 is 5.73 Å². The summed E-state index contributed by atoms with van der Waals surface area (Å²) in [6, 6.07) is 0.978. The van der Waals surface area contributed by atoms with Crippen molar-refractivity contribution in [2.75, 3.05) is 7.11 Å². The van der Waals surface area contributed by atoms with Gasteiger partial charge >= 0.3 is 11.8 Å². The van der Waals surface area contributed by atoms with Crippen molar-refractivity contribution < 1.29 is 19.2 Å². The smallest absolute Gasteiger partial charge is 0.378 e. The van der Waals surface area contributed by atoms with Crippen LogP contribution in [0.25, 0.3) is 0 Å². The fraction of sp³-hybridized carbons (Fsp3) is 0.143. The van der Waals surface area contributed by atoms with E-state index in [1.807, 2.05) is 0 Å². The van der Waals surface area contributed by atoms with Gasteiger partial charge in [0.05, 0.1) is 7.11 Å². The Labute approximate surface area is 83.2 Å². The average molecular weight is 213 g/mol. The molecule has 0 aromatic carbocycles. The lowest BCUT2D eigenvalue weighted by Gasteiger charge is -1.92. The third-order valence-electron chi connectivity index (χ3n) is 1.65. The fourth-order valence-corrected chi connectivity index (χ4v) is 0.995. The second-order valence-corrected chi connectivity index (χ2v) is 2.56. The minimum atomic E-state index is -0.992. The quantitative estimate of drug-likeness (QED) is 0.408. The number of primary amides is 1. The number of aromatic nitrogens is 1. The number of methoxy groups -OCH3 is 1. The Morgan fingerprint density at radius 1 is 1.60 bits per heavy atom. The van der Waals surface area contributed by atoms with Crippen molar-refractivity contribution in [3.63, 3.8) is 0 Å². The van der Waals surface area contributed by atoms with E-state index in [-0.39, 0.29) is 11.3 Å². The first kappa shape index (κ1) is 10.7. The Bertz CT molecular complexity index is 404. The van der Waals surface area contributed by atoms with Gasteiger partial charge < -0.3 is 20.6 Å². The first-order valence-electron chi connectivity index (χ1n) is 3.73. The molecule has 0 bridgehead atoms. The number of nitrogens with one attached hydrogen (secondary N) is 1. The van der Waals surface area contributed by atoms with Gasteiger partial charge in [0.25, 0.3) is 5.91 Å². The molecule has 1 aromatic heterocycles. The predicted octanol–water partition coefficient (Wildman–Crippen LogP) is -0.192. The average Bonchev–Trinajstić information content (AvgIpc) is 2.61. The highest BCUT2D eigenvalue weighted by Crippen LogP contribution is 2.18. The van der Waals surface area contributed by atoms with Crippen molar-refractivity contribution >= 4 is 17.7 Å². The van der Waals surface area contributed by atoms with E-state index < -0.39 is 22.6 Å². The summed E-state index contributed by atoms with van der Waals surface area (Å²) in [6.07, 6.45) is 0. The molecule has 0 unspecified atom stereocenters. The van der Waals surface area contributed by atoms with E-state index in [4.69, 9.17) is 5.73 Å². The van der Waals surface area contributed by atoms with Crippen molar-refractivity contribution in [1.82, 2.24) is 4.98 Å². The lowest BCUT2D eigenvalue weighted by Crippen LogP contribution is -2.11. The van der Waals surface area contributed by atoms with Gasteiger partial charge in [0, 0.05) is 6.07 Å². The monoisotopic (exact) mass is 213 g/mol. The summed E-state index contributed by atoms with van der Waals surface area (Å²) < 4.78 is 4.32. The number of nitrogens with two attached hydrogens (primary N) is 1. The number of amides is 1. The molecule has 1 amide bonds. The Balaban J connectivity index is 3.27. The van der Waals surface area contributed by atoms with Crippen LogP contribution in [0.1, 0.15) is 20.8 Å². The molecule has 8 nitrogen and oxygen atoms in total. The Morgan fingerprint density at radius 3 is 2.53 bits per heavy atom. The first-order chi connectivity index (χ1) is 6.97. The number of aromatic amines is 1. The van der Waals surface area contributed by atoms with Crippen LogP contribution in [-0.2, 0) is 4.74 Å². The third kappa shape index (κ3) is 1.93. The lowest BCUT2D eigenvalue weighted by molar-refractivity contribution is -0.389. The number of carbonyl (C=O) groups is 2. The minimum absolute atomic E-state index is 0.196. The summed E-state index contributed by atoms with van der Waals surface area (Å²) in [5.41, 5.74) is 4.33. The SMILES string of the molecule is COC(=O)c1cc(C(N)=O)c([N+](=O)[O-])[nH]1. The van der Waals surface area contributed by atoms with E-state index >= 15 is 0 Å². The Morgan fingerprint density at radius 2 is 2.20 bits per heavy atom. The van der Waals surface area contributed by atoms with E-state index in [0.717, 1.165) is 13.2 Å². The molecule has 0 radical (unpaired) electrons. The highest BCUT2D eigenvalue weighted by atomic mass is 16.6. The van der Waals surface area contributed by atoms with Crippen molar-refractivity contribution in [3.05, 3.63) is 27.4 Å². The van der Waals surface area contributed by atoms with Crippen LogP contribution in [0.3, 0.4) is 0 Å². The molecule has 0 aliphatic carbocycles. The van der Waals surface area contributed by atoms with E-state index in [0.29, 0.717) is 0 Å². The molecule has 0 spiro atoms. The lowest BCUT2D eigenvalue weighted by atomic mass is 10.3. The maximum absolute atomic E-state index is 11.0. The molecule has 15 heavy (non-hydrogen) atoms. The zero-order valence-electron chi connectivity index (χ0n) is 7.64. The van der Waals surface area contributed by atoms with Gasteiger partial charge in [0.1, 0.15) is 5.56 Å². The van der Waals surface area contributed by atoms with Gasteiger partial charge in [-0.2, -0.15) is 0 Å². The first-order valence-corrected chi connectivity index (χ1v) is 3.73. The molecule has 0 saturated heterocycles. The number of nitro groups is 1. The van der Waals surface area contributed by atoms with E-state index in [9.17, 15) is 19.7 Å². The molecule has 80 valence electrons. The van der Waals surface area contributed by atoms with Crippen LogP contribution in [0.4, 0.5) is 5.82 Å². The Hall–Kier alpha value is -2.38. The normalized spacial score (nSPS) is 9.67. The van der Waals surface area contributed by atoms with Crippen molar-refractivity contribution in [2.24, 2.45) is 5.73 Å². The molecule has 0 aliphatic heterocycles. The van der Waals surface area contributed by atoms with Gasteiger partial charge in [-0.15, -0.1) is 0 Å². The van der Waals surface area contributed by atoms with Gasteiger partial charge in [-0.3, -0.25) is 4.79 Å². The third-order valence-corrected chi connectivity index (χ3v) is 1.65. The summed E-state index contributed by atoms with van der Waals surface area (Å²) >= 11 is 0. The number of ether oxygens (including phenoxy) is 1. The minimum Gasteiger partial charge on any atom is -0.463 e.